The van der Waals surface area contributed by atoms with E-state index in [1.54, 1.807) is 12.1 Å². The molecule has 1 fully saturated rings. The van der Waals surface area contributed by atoms with Crippen molar-refractivity contribution in [2.45, 2.75) is 32.2 Å². The Morgan fingerprint density at radius 1 is 1.20 bits per heavy atom. The first-order valence-electron chi connectivity index (χ1n) is 10.7. The lowest BCUT2D eigenvalue weighted by molar-refractivity contribution is 0.461. The summed E-state index contributed by atoms with van der Waals surface area (Å²) in [4.78, 5) is 10.0. The van der Waals surface area contributed by atoms with Crippen LogP contribution in [0.3, 0.4) is 0 Å². The second kappa shape index (κ2) is 9.20. The summed E-state index contributed by atoms with van der Waals surface area (Å²) >= 11 is 0. The van der Waals surface area contributed by atoms with E-state index in [2.05, 4.69) is 56.8 Å². The Bertz CT molecular complexity index is 1020. The van der Waals surface area contributed by atoms with Crippen LogP contribution in [0.15, 0.2) is 53.7 Å². The predicted octanol–water partition coefficient (Wildman–Crippen LogP) is 3.99. The van der Waals surface area contributed by atoms with Crippen molar-refractivity contribution in [3.63, 3.8) is 0 Å². The lowest BCUT2D eigenvalue weighted by Gasteiger charge is -2.34. The first-order valence-corrected chi connectivity index (χ1v) is 10.7. The van der Waals surface area contributed by atoms with Gasteiger partial charge in [0.1, 0.15) is 5.82 Å². The number of hydrogen-bond donors (Lipinski definition) is 3. The molecule has 30 heavy (non-hydrogen) atoms. The first-order chi connectivity index (χ1) is 14.6. The molecule has 0 aliphatic carbocycles. The number of guanidine groups is 1. The van der Waals surface area contributed by atoms with Crippen LogP contribution in [0.1, 0.15) is 24.0 Å². The maximum Gasteiger partial charge on any atom is 0.191 e. The molecule has 6 heteroatoms. The molecule has 3 aromatic rings. The normalized spacial score (nSPS) is 15.6. The minimum atomic E-state index is -0.178. The van der Waals surface area contributed by atoms with E-state index in [1.807, 2.05) is 13.1 Å². The van der Waals surface area contributed by atoms with Gasteiger partial charge in [0.2, 0.25) is 0 Å². The van der Waals surface area contributed by atoms with E-state index in [4.69, 9.17) is 0 Å². The number of hydrogen-bond acceptors (Lipinski definition) is 2. The average Bonchev–Trinajstić information content (AvgIpc) is 3.18. The fraction of sp³-hybridized carbons (Fsp3) is 0.375. The lowest BCUT2D eigenvalue weighted by atomic mass is 10.0. The molecule has 5 nitrogen and oxygen atoms in total. The number of aromatic amines is 1. The number of piperidine rings is 1. The van der Waals surface area contributed by atoms with Crippen LogP contribution in [0.5, 0.6) is 0 Å². The second-order valence-corrected chi connectivity index (χ2v) is 7.95. The van der Waals surface area contributed by atoms with Crippen LogP contribution < -0.4 is 15.5 Å². The molecular formula is C24H30FN5. The minimum absolute atomic E-state index is 0.178. The van der Waals surface area contributed by atoms with Crippen LogP contribution in [-0.2, 0) is 6.42 Å². The lowest BCUT2D eigenvalue weighted by Crippen LogP contribution is -2.49. The zero-order chi connectivity index (χ0) is 20.9. The Hall–Kier alpha value is -3.02. The van der Waals surface area contributed by atoms with Crippen molar-refractivity contribution in [1.82, 2.24) is 15.6 Å². The molecule has 4 rings (SSSR count). The van der Waals surface area contributed by atoms with E-state index in [1.165, 1.54) is 28.1 Å². The number of fused-ring (bicyclic) bond motifs is 1. The standard InChI is InChI=1S/C24H30FN5/c1-17-5-3-8-22-18(16-28-23(17)22)9-12-27-24(26-2)29-20-10-13-30(14-11-20)21-7-4-6-19(25)15-21/h3-8,15-16,20,28H,9-14H2,1-2H3,(H2,26,27,29). The Morgan fingerprint density at radius 2 is 2.00 bits per heavy atom. The molecule has 0 amide bonds. The van der Waals surface area contributed by atoms with Crippen LogP contribution in [0, 0.1) is 12.7 Å². The molecule has 0 radical (unpaired) electrons. The first kappa shape index (κ1) is 20.3. The van der Waals surface area contributed by atoms with Gasteiger partial charge in [-0.2, -0.15) is 0 Å². The van der Waals surface area contributed by atoms with Gasteiger partial charge in [0.15, 0.2) is 5.96 Å². The van der Waals surface area contributed by atoms with Gasteiger partial charge in [-0.15, -0.1) is 0 Å². The molecule has 0 bridgehead atoms. The van der Waals surface area contributed by atoms with E-state index < -0.39 is 0 Å². The van der Waals surface area contributed by atoms with Crippen LogP contribution >= 0.6 is 0 Å². The molecule has 0 saturated carbocycles. The molecule has 2 aromatic carbocycles. The number of halogens is 1. The van der Waals surface area contributed by atoms with Gasteiger partial charge >= 0.3 is 0 Å². The van der Waals surface area contributed by atoms with Crippen molar-refractivity contribution in [3.8, 4) is 0 Å². The van der Waals surface area contributed by atoms with Crippen molar-refractivity contribution < 1.29 is 4.39 Å². The molecule has 0 spiro atoms. The van der Waals surface area contributed by atoms with Crippen molar-refractivity contribution in [1.29, 1.82) is 0 Å². The van der Waals surface area contributed by atoms with Crippen molar-refractivity contribution in [3.05, 3.63) is 65.6 Å². The minimum Gasteiger partial charge on any atom is -0.371 e. The highest BCUT2D eigenvalue weighted by Crippen LogP contribution is 2.22. The largest absolute Gasteiger partial charge is 0.371 e. The smallest absolute Gasteiger partial charge is 0.191 e. The number of rotatable bonds is 5. The Kier molecular flexibility index (Phi) is 6.21. The van der Waals surface area contributed by atoms with Crippen LogP contribution in [0.2, 0.25) is 0 Å². The third-order valence-electron chi connectivity index (χ3n) is 5.93. The Morgan fingerprint density at radius 3 is 2.77 bits per heavy atom. The summed E-state index contributed by atoms with van der Waals surface area (Å²) < 4.78 is 13.5. The Labute approximate surface area is 177 Å². The number of benzene rings is 2. The number of anilines is 1. The zero-order valence-corrected chi connectivity index (χ0v) is 17.7. The van der Waals surface area contributed by atoms with Gasteiger partial charge in [-0.25, -0.2) is 4.39 Å². The highest BCUT2D eigenvalue weighted by molar-refractivity contribution is 5.86. The van der Waals surface area contributed by atoms with Gasteiger partial charge in [-0.05, 0) is 55.5 Å². The molecule has 0 unspecified atom stereocenters. The van der Waals surface area contributed by atoms with Gasteiger partial charge in [0.25, 0.3) is 0 Å². The summed E-state index contributed by atoms with van der Waals surface area (Å²) in [6.45, 7) is 4.77. The topological polar surface area (TPSA) is 55.5 Å². The van der Waals surface area contributed by atoms with Crippen molar-refractivity contribution in [2.75, 3.05) is 31.6 Å². The third-order valence-corrected chi connectivity index (χ3v) is 5.93. The summed E-state index contributed by atoms with van der Waals surface area (Å²) in [5.41, 5.74) is 4.78. The van der Waals surface area contributed by atoms with Crippen molar-refractivity contribution in [2.24, 2.45) is 4.99 Å². The molecule has 3 N–H and O–H groups in total. The van der Waals surface area contributed by atoms with E-state index in [-0.39, 0.29) is 5.82 Å². The molecule has 1 aliphatic rings. The molecule has 1 saturated heterocycles. The van der Waals surface area contributed by atoms with E-state index in [0.717, 1.165) is 50.5 Å². The van der Waals surface area contributed by atoms with Gasteiger partial charge in [0, 0.05) is 55.5 Å². The van der Waals surface area contributed by atoms with Gasteiger partial charge in [-0.1, -0.05) is 24.3 Å². The maximum atomic E-state index is 13.5. The van der Waals surface area contributed by atoms with Gasteiger partial charge in [0.05, 0.1) is 0 Å². The third kappa shape index (κ3) is 4.58. The monoisotopic (exact) mass is 407 g/mol. The number of aliphatic imine (C=N–C) groups is 1. The van der Waals surface area contributed by atoms with Gasteiger partial charge in [-0.3, -0.25) is 4.99 Å². The summed E-state index contributed by atoms with van der Waals surface area (Å²) in [6, 6.07) is 13.6. The number of para-hydroxylation sites is 1. The fourth-order valence-corrected chi connectivity index (χ4v) is 4.23. The fourth-order valence-electron chi connectivity index (χ4n) is 4.23. The molecule has 158 valence electrons. The summed E-state index contributed by atoms with van der Waals surface area (Å²) in [6.07, 6.45) is 5.04. The molecule has 2 heterocycles. The highest BCUT2D eigenvalue weighted by atomic mass is 19.1. The summed E-state index contributed by atoms with van der Waals surface area (Å²) in [7, 11) is 1.81. The summed E-state index contributed by atoms with van der Waals surface area (Å²) in [5, 5.41) is 8.29. The van der Waals surface area contributed by atoms with E-state index in [9.17, 15) is 4.39 Å². The molecule has 1 aromatic heterocycles. The second-order valence-electron chi connectivity index (χ2n) is 7.95. The highest BCUT2D eigenvalue weighted by Gasteiger charge is 2.20. The van der Waals surface area contributed by atoms with E-state index >= 15 is 0 Å². The maximum absolute atomic E-state index is 13.5. The molecule has 0 atom stereocenters. The number of aryl methyl sites for hydroxylation is 1. The number of H-pyrrole nitrogens is 1. The molecule has 1 aliphatic heterocycles. The number of aromatic nitrogens is 1. The summed E-state index contributed by atoms with van der Waals surface area (Å²) in [5.74, 6) is 0.665. The van der Waals surface area contributed by atoms with Crippen LogP contribution in [-0.4, -0.2) is 43.7 Å². The Balaban J connectivity index is 1.26. The van der Waals surface area contributed by atoms with Crippen molar-refractivity contribution >= 4 is 22.5 Å². The van der Waals surface area contributed by atoms with Gasteiger partial charge < -0.3 is 20.5 Å². The number of nitrogens with zero attached hydrogens (tertiary/aromatic N) is 2. The zero-order valence-electron chi connectivity index (χ0n) is 17.7. The quantitative estimate of drug-likeness (QED) is 0.443. The SMILES string of the molecule is CN=C(NCCc1c[nH]c2c(C)cccc12)NC1CCN(c2cccc(F)c2)CC1. The molecular weight excluding hydrogens is 377 g/mol. The average molecular weight is 408 g/mol. The number of nitrogens with one attached hydrogen (secondary N) is 3. The predicted molar refractivity (Wildman–Crippen MR) is 123 cm³/mol. The van der Waals surface area contributed by atoms with E-state index in [0.29, 0.717) is 6.04 Å². The van der Waals surface area contributed by atoms with Crippen LogP contribution in [0.4, 0.5) is 10.1 Å². The van der Waals surface area contributed by atoms with Crippen LogP contribution in [0.25, 0.3) is 10.9 Å².